The number of amides is 4. The van der Waals surface area contributed by atoms with Crippen molar-refractivity contribution in [3.05, 3.63) is 76.4 Å². The Hall–Kier alpha value is -4.27. The van der Waals surface area contributed by atoms with Crippen molar-refractivity contribution in [2.75, 3.05) is 25.0 Å². The Bertz CT molecular complexity index is 1190. The molecule has 0 atom stereocenters. The fourth-order valence-corrected chi connectivity index (χ4v) is 3.72. The van der Waals surface area contributed by atoms with E-state index >= 15 is 0 Å². The van der Waals surface area contributed by atoms with E-state index in [0.717, 1.165) is 21.6 Å². The van der Waals surface area contributed by atoms with Crippen molar-refractivity contribution in [1.82, 2.24) is 10.2 Å². The van der Waals surface area contributed by atoms with Crippen LogP contribution in [0.1, 0.15) is 47.8 Å². The van der Waals surface area contributed by atoms with Crippen LogP contribution < -0.4 is 10.6 Å². The third-order valence-corrected chi connectivity index (χ3v) is 5.24. The number of carbonyl (C=O) groups excluding carboxylic acids is 5. The maximum Gasteiger partial charge on any atom is 0.338 e. The summed E-state index contributed by atoms with van der Waals surface area (Å²) >= 11 is 0. The van der Waals surface area contributed by atoms with Gasteiger partial charge in [-0.05, 0) is 50.1 Å². The molecule has 0 fully saturated rings. The van der Waals surface area contributed by atoms with Crippen LogP contribution >= 0.6 is 0 Å². The van der Waals surface area contributed by atoms with Crippen molar-refractivity contribution in [1.29, 1.82) is 0 Å². The molecule has 2 aromatic carbocycles. The van der Waals surface area contributed by atoms with Crippen LogP contribution in [0.3, 0.4) is 0 Å². The molecule has 0 saturated heterocycles. The lowest BCUT2D eigenvalue weighted by Gasteiger charge is -2.13. The normalized spacial score (nSPS) is 12.3. The van der Waals surface area contributed by atoms with Gasteiger partial charge in [0.05, 0.1) is 23.2 Å². The second kappa shape index (κ2) is 10.1. The van der Waals surface area contributed by atoms with Gasteiger partial charge in [0.25, 0.3) is 17.7 Å². The number of ether oxygens (including phenoxy) is 1. The molecule has 9 nitrogen and oxygen atoms in total. The van der Waals surface area contributed by atoms with Crippen LogP contribution in [0.15, 0.2) is 43.0 Å². The van der Waals surface area contributed by atoms with Gasteiger partial charge in [0.2, 0.25) is 5.91 Å². The van der Waals surface area contributed by atoms with E-state index in [1.807, 2.05) is 32.9 Å². The van der Waals surface area contributed by atoms with E-state index in [-0.39, 0.29) is 29.8 Å². The Morgan fingerprint density at radius 2 is 1.62 bits per heavy atom. The Morgan fingerprint density at radius 1 is 0.971 bits per heavy atom. The monoisotopic (exact) mass is 463 g/mol. The van der Waals surface area contributed by atoms with Crippen molar-refractivity contribution in [2.24, 2.45) is 0 Å². The van der Waals surface area contributed by atoms with E-state index in [9.17, 15) is 24.0 Å². The lowest BCUT2D eigenvalue weighted by atomic mass is 10.1. The molecule has 1 aliphatic rings. The van der Waals surface area contributed by atoms with Crippen LogP contribution in [-0.4, -0.2) is 54.2 Å². The summed E-state index contributed by atoms with van der Waals surface area (Å²) in [5, 5.41) is 5.16. The summed E-state index contributed by atoms with van der Waals surface area (Å²) in [6.07, 6.45) is 1.43. The minimum atomic E-state index is -0.837. The number of hydrogen-bond donors (Lipinski definition) is 2. The zero-order valence-electron chi connectivity index (χ0n) is 19.2. The minimum Gasteiger partial charge on any atom is -0.452 e. The van der Waals surface area contributed by atoms with Gasteiger partial charge >= 0.3 is 5.97 Å². The van der Waals surface area contributed by atoms with Crippen LogP contribution in [0.5, 0.6) is 0 Å². The maximum atomic E-state index is 12.4. The molecule has 0 saturated carbocycles. The first-order valence-electron chi connectivity index (χ1n) is 10.5. The van der Waals surface area contributed by atoms with Crippen LogP contribution in [0.4, 0.5) is 5.69 Å². The molecule has 0 spiro atoms. The third kappa shape index (κ3) is 5.20. The van der Waals surface area contributed by atoms with E-state index in [0.29, 0.717) is 5.69 Å². The number of fused-ring (bicyclic) bond motifs is 1. The zero-order valence-corrected chi connectivity index (χ0v) is 19.2. The van der Waals surface area contributed by atoms with Gasteiger partial charge in [0.15, 0.2) is 6.61 Å². The number of carbonyl (C=O) groups is 5. The molecule has 2 aromatic rings. The Kier molecular flexibility index (Phi) is 7.25. The van der Waals surface area contributed by atoms with Gasteiger partial charge in [-0.3, -0.25) is 24.1 Å². The SMILES string of the molecule is C=CCN1C(=O)c2ccc(C(=O)OCC(=O)NCC(=O)Nc3c(C)cc(C)cc3C)cc2C1=O. The molecule has 0 bridgehead atoms. The first kappa shape index (κ1) is 24.4. The molecule has 1 aliphatic heterocycles. The van der Waals surface area contributed by atoms with Gasteiger partial charge in [-0.1, -0.05) is 23.8 Å². The molecule has 4 amide bonds. The van der Waals surface area contributed by atoms with Crippen molar-refractivity contribution in [3.8, 4) is 0 Å². The molecule has 0 aliphatic carbocycles. The average molecular weight is 463 g/mol. The highest BCUT2D eigenvalue weighted by atomic mass is 16.5. The van der Waals surface area contributed by atoms with Crippen LogP contribution in [0.2, 0.25) is 0 Å². The van der Waals surface area contributed by atoms with Crippen molar-refractivity contribution >= 4 is 35.3 Å². The maximum absolute atomic E-state index is 12.4. The standard InChI is InChI=1S/C25H25N3O6/c1-5-8-28-23(31)18-7-6-17(11-19(18)24(28)32)25(33)34-13-21(30)26-12-20(29)27-22-15(3)9-14(2)10-16(22)4/h5-7,9-11H,1,8,12-13H2,2-4H3,(H,26,30)(H,27,29). The summed E-state index contributed by atoms with van der Waals surface area (Å²) in [4.78, 5) is 62.2. The van der Waals surface area contributed by atoms with Crippen molar-refractivity contribution in [2.45, 2.75) is 20.8 Å². The second-order valence-electron chi connectivity index (χ2n) is 7.94. The summed E-state index contributed by atoms with van der Waals surface area (Å²) in [7, 11) is 0. The molecule has 0 radical (unpaired) electrons. The number of benzene rings is 2. The number of esters is 1. The summed E-state index contributed by atoms with van der Waals surface area (Å²) in [5.74, 6) is -2.91. The zero-order chi connectivity index (χ0) is 25.0. The molecule has 1 heterocycles. The highest BCUT2D eigenvalue weighted by Crippen LogP contribution is 2.24. The number of rotatable bonds is 8. The van der Waals surface area contributed by atoms with E-state index in [1.54, 1.807) is 0 Å². The number of aryl methyl sites for hydroxylation is 3. The largest absolute Gasteiger partial charge is 0.452 e. The highest BCUT2D eigenvalue weighted by Gasteiger charge is 2.35. The predicted molar refractivity (Wildman–Crippen MR) is 125 cm³/mol. The minimum absolute atomic E-state index is 0.0243. The van der Waals surface area contributed by atoms with E-state index in [1.165, 1.54) is 24.3 Å². The molecular formula is C25H25N3O6. The van der Waals surface area contributed by atoms with E-state index < -0.39 is 36.2 Å². The summed E-state index contributed by atoms with van der Waals surface area (Å²) in [6, 6.07) is 7.87. The predicted octanol–water partition coefficient (Wildman–Crippen LogP) is 2.31. The molecular weight excluding hydrogens is 438 g/mol. The molecule has 3 rings (SSSR count). The van der Waals surface area contributed by atoms with Gasteiger partial charge in [0.1, 0.15) is 0 Å². The smallest absolute Gasteiger partial charge is 0.338 e. The topological polar surface area (TPSA) is 122 Å². The molecule has 9 heteroatoms. The second-order valence-corrected chi connectivity index (χ2v) is 7.94. The highest BCUT2D eigenvalue weighted by molar-refractivity contribution is 6.22. The molecule has 0 aromatic heterocycles. The van der Waals surface area contributed by atoms with Gasteiger partial charge in [-0.25, -0.2) is 4.79 Å². The average Bonchev–Trinajstić information content (AvgIpc) is 3.03. The lowest BCUT2D eigenvalue weighted by Crippen LogP contribution is -2.35. The van der Waals surface area contributed by atoms with Crippen molar-refractivity contribution in [3.63, 3.8) is 0 Å². The van der Waals surface area contributed by atoms with Crippen LogP contribution in [0, 0.1) is 20.8 Å². The lowest BCUT2D eigenvalue weighted by molar-refractivity contribution is -0.126. The van der Waals surface area contributed by atoms with E-state index in [4.69, 9.17) is 4.74 Å². The Labute approximate surface area is 196 Å². The molecule has 176 valence electrons. The fourth-order valence-electron chi connectivity index (χ4n) is 3.72. The molecule has 34 heavy (non-hydrogen) atoms. The third-order valence-electron chi connectivity index (χ3n) is 5.24. The van der Waals surface area contributed by atoms with Crippen LogP contribution in [0.25, 0.3) is 0 Å². The Balaban J connectivity index is 1.52. The molecule has 2 N–H and O–H groups in total. The first-order chi connectivity index (χ1) is 16.1. The quantitative estimate of drug-likeness (QED) is 0.352. The van der Waals surface area contributed by atoms with Crippen LogP contribution in [-0.2, 0) is 14.3 Å². The molecule has 0 unspecified atom stereocenters. The summed E-state index contributed by atoms with van der Waals surface area (Å²) in [6.45, 7) is 8.40. The summed E-state index contributed by atoms with van der Waals surface area (Å²) in [5.41, 5.74) is 3.89. The van der Waals surface area contributed by atoms with Gasteiger partial charge in [0, 0.05) is 12.2 Å². The van der Waals surface area contributed by atoms with Gasteiger partial charge in [-0.2, -0.15) is 0 Å². The Morgan fingerprint density at radius 3 is 2.26 bits per heavy atom. The van der Waals surface area contributed by atoms with E-state index in [2.05, 4.69) is 17.2 Å². The number of nitrogens with one attached hydrogen (secondary N) is 2. The number of nitrogens with zero attached hydrogens (tertiary/aromatic N) is 1. The van der Waals surface area contributed by atoms with Crippen molar-refractivity contribution < 1.29 is 28.7 Å². The van der Waals surface area contributed by atoms with Gasteiger partial charge in [-0.15, -0.1) is 6.58 Å². The first-order valence-corrected chi connectivity index (χ1v) is 10.5. The van der Waals surface area contributed by atoms with Gasteiger partial charge < -0.3 is 15.4 Å². The fraction of sp³-hybridized carbons (Fsp3) is 0.240. The number of anilines is 1. The number of imide groups is 1. The number of hydrogen-bond acceptors (Lipinski definition) is 6. The summed E-state index contributed by atoms with van der Waals surface area (Å²) < 4.78 is 4.98.